The molecule has 120 valence electrons. The Morgan fingerprint density at radius 2 is 2.00 bits per heavy atom. The molecular formula is C12H22N4O4S. The van der Waals surface area contributed by atoms with Gasteiger partial charge in [-0.15, -0.1) is 0 Å². The van der Waals surface area contributed by atoms with E-state index >= 15 is 0 Å². The summed E-state index contributed by atoms with van der Waals surface area (Å²) >= 11 is 0. The van der Waals surface area contributed by atoms with Gasteiger partial charge >= 0.3 is 5.97 Å². The van der Waals surface area contributed by atoms with Crippen LogP contribution in [0.15, 0.2) is 4.90 Å². The van der Waals surface area contributed by atoms with Gasteiger partial charge in [-0.1, -0.05) is 13.8 Å². The highest BCUT2D eigenvalue weighted by Crippen LogP contribution is 2.19. The molecule has 0 spiro atoms. The van der Waals surface area contributed by atoms with Crippen LogP contribution in [0.1, 0.15) is 30.0 Å². The molecule has 8 nitrogen and oxygen atoms in total. The smallest absolute Gasteiger partial charge is 0.357 e. The topological polar surface area (TPSA) is 115 Å². The van der Waals surface area contributed by atoms with Crippen LogP contribution in [0.4, 0.5) is 0 Å². The fourth-order valence-corrected chi connectivity index (χ4v) is 3.63. The van der Waals surface area contributed by atoms with E-state index in [1.165, 1.54) is 6.92 Å². The highest BCUT2D eigenvalue weighted by atomic mass is 32.2. The molecule has 1 rings (SSSR count). The Morgan fingerprint density at radius 1 is 1.43 bits per heavy atom. The van der Waals surface area contributed by atoms with Crippen molar-refractivity contribution >= 4 is 16.0 Å². The summed E-state index contributed by atoms with van der Waals surface area (Å²) in [5.74, 6) is -1.32. The molecule has 0 saturated heterocycles. The quantitative estimate of drug-likeness (QED) is 0.665. The molecule has 0 radical (unpaired) electrons. The first-order valence-corrected chi connectivity index (χ1v) is 8.00. The number of hydrogen-bond donors (Lipinski definition) is 3. The molecule has 0 aliphatic carbocycles. The highest BCUT2D eigenvalue weighted by molar-refractivity contribution is 7.89. The van der Waals surface area contributed by atoms with Gasteiger partial charge in [-0.3, -0.25) is 5.10 Å². The van der Waals surface area contributed by atoms with Crippen molar-refractivity contribution in [3.8, 4) is 0 Å². The molecule has 3 N–H and O–H groups in total. The third-order valence-electron chi connectivity index (χ3n) is 3.04. The number of sulfonamides is 1. The lowest BCUT2D eigenvalue weighted by Crippen LogP contribution is -2.45. The number of hydrogen-bond acceptors (Lipinski definition) is 5. The molecule has 1 aromatic heterocycles. The van der Waals surface area contributed by atoms with Crippen LogP contribution in [0.25, 0.3) is 0 Å². The predicted molar refractivity (Wildman–Crippen MR) is 77.8 cm³/mol. The van der Waals surface area contributed by atoms with Crippen LogP contribution in [-0.2, 0) is 10.0 Å². The Balaban J connectivity index is 3.16. The van der Waals surface area contributed by atoms with Crippen LogP contribution in [0.2, 0.25) is 0 Å². The van der Waals surface area contributed by atoms with Gasteiger partial charge in [0.25, 0.3) is 0 Å². The van der Waals surface area contributed by atoms with E-state index in [0.717, 1.165) is 0 Å². The number of nitrogens with one attached hydrogen (secondary N) is 2. The number of aryl methyl sites for hydroxylation is 1. The second-order valence-electron chi connectivity index (χ2n) is 5.57. The standard InChI is InChI=1S/C12H22N4O4S/c1-7(2)9(6-16(4)5)15-21(19,20)11-8(3)13-14-10(11)12(17)18/h7,9,15H,6H2,1-5H3,(H,13,14)(H,17,18). The van der Waals surface area contributed by atoms with E-state index < -0.39 is 21.7 Å². The molecule has 1 heterocycles. The summed E-state index contributed by atoms with van der Waals surface area (Å²) in [4.78, 5) is 12.7. The average Bonchev–Trinajstić information content (AvgIpc) is 2.70. The van der Waals surface area contributed by atoms with Gasteiger partial charge in [0.1, 0.15) is 4.90 Å². The molecule has 0 aromatic carbocycles. The molecule has 1 aromatic rings. The largest absolute Gasteiger partial charge is 0.476 e. The average molecular weight is 318 g/mol. The number of likely N-dealkylation sites (N-methyl/N-ethyl adjacent to an activating group) is 1. The van der Waals surface area contributed by atoms with Crippen LogP contribution in [0.5, 0.6) is 0 Å². The Hall–Kier alpha value is -1.45. The van der Waals surface area contributed by atoms with Crippen LogP contribution >= 0.6 is 0 Å². The number of H-pyrrole nitrogens is 1. The second-order valence-corrected chi connectivity index (χ2v) is 7.22. The zero-order chi connectivity index (χ0) is 16.4. The molecule has 1 unspecified atom stereocenters. The Kier molecular flexibility index (Phi) is 5.48. The Labute approximate surface area is 124 Å². The van der Waals surface area contributed by atoms with Gasteiger partial charge in [-0.25, -0.2) is 17.9 Å². The highest BCUT2D eigenvalue weighted by Gasteiger charge is 2.31. The fraction of sp³-hybridized carbons (Fsp3) is 0.667. The van der Waals surface area contributed by atoms with E-state index in [0.29, 0.717) is 6.54 Å². The van der Waals surface area contributed by atoms with Gasteiger partial charge in [0.2, 0.25) is 10.0 Å². The summed E-state index contributed by atoms with van der Waals surface area (Å²) in [6, 6.07) is -0.332. The van der Waals surface area contributed by atoms with Gasteiger partial charge in [0.05, 0.1) is 5.69 Å². The van der Waals surface area contributed by atoms with Crippen molar-refractivity contribution in [1.82, 2.24) is 19.8 Å². The monoisotopic (exact) mass is 318 g/mol. The Morgan fingerprint density at radius 3 is 2.43 bits per heavy atom. The number of nitrogens with zero attached hydrogens (tertiary/aromatic N) is 2. The third-order valence-corrected chi connectivity index (χ3v) is 4.69. The lowest BCUT2D eigenvalue weighted by atomic mass is 10.1. The van der Waals surface area contributed by atoms with E-state index in [9.17, 15) is 13.2 Å². The minimum Gasteiger partial charge on any atom is -0.476 e. The zero-order valence-electron chi connectivity index (χ0n) is 12.8. The normalized spacial score (nSPS) is 13.9. The van der Waals surface area contributed by atoms with Crippen molar-refractivity contribution in [2.45, 2.75) is 31.7 Å². The maximum Gasteiger partial charge on any atom is 0.357 e. The fourth-order valence-electron chi connectivity index (χ4n) is 1.93. The first-order chi connectivity index (χ1) is 9.56. The van der Waals surface area contributed by atoms with Gasteiger partial charge in [-0.2, -0.15) is 5.10 Å². The number of carbonyl (C=O) groups is 1. The number of carboxylic acids is 1. The van der Waals surface area contributed by atoms with Crippen LogP contribution in [0, 0.1) is 12.8 Å². The lowest BCUT2D eigenvalue weighted by Gasteiger charge is -2.25. The Bertz CT molecular complexity index is 607. The number of rotatable bonds is 7. The molecular weight excluding hydrogens is 296 g/mol. The number of carboxylic acid groups (broad SMARTS) is 1. The maximum atomic E-state index is 12.5. The molecule has 0 fully saturated rings. The van der Waals surface area contributed by atoms with Crippen LogP contribution < -0.4 is 4.72 Å². The summed E-state index contributed by atoms with van der Waals surface area (Å²) in [7, 11) is -0.279. The van der Waals surface area contributed by atoms with E-state index in [1.54, 1.807) is 0 Å². The van der Waals surface area contributed by atoms with Crippen molar-refractivity contribution in [1.29, 1.82) is 0 Å². The summed E-state index contributed by atoms with van der Waals surface area (Å²) in [5, 5.41) is 15.0. The summed E-state index contributed by atoms with van der Waals surface area (Å²) < 4.78 is 27.5. The van der Waals surface area contributed by atoms with Crippen molar-refractivity contribution in [3.05, 3.63) is 11.4 Å². The summed E-state index contributed by atoms with van der Waals surface area (Å²) in [6.07, 6.45) is 0. The summed E-state index contributed by atoms with van der Waals surface area (Å²) in [6.45, 7) is 5.79. The minimum atomic E-state index is -3.96. The van der Waals surface area contributed by atoms with Crippen molar-refractivity contribution in [3.63, 3.8) is 0 Å². The molecule has 21 heavy (non-hydrogen) atoms. The lowest BCUT2D eigenvalue weighted by molar-refractivity contribution is 0.0686. The molecule has 0 bridgehead atoms. The SMILES string of the molecule is Cc1[nH]nc(C(=O)O)c1S(=O)(=O)NC(CN(C)C)C(C)C. The van der Waals surface area contributed by atoms with Gasteiger partial charge in [0, 0.05) is 12.6 Å². The second kappa shape index (κ2) is 6.54. The van der Waals surface area contributed by atoms with E-state index in [-0.39, 0.29) is 22.5 Å². The van der Waals surface area contributed by atoms with Gasteiger partial charge in [0.15, 0.2) is 5.69 Å². The predicted octanol–water partition coefficient (Wildman–Crippen LogP) is 0.281. The van der Waals surface area contributed by atoms with E-state index in [4.69, 9.17) is 5.11 Å². The van der Waals surface area contributed by atoms with Crippen LogP contribution in [-0.4, -0.2) is 61.3 Å². The van der Waals surface area contributed by atoms with Gasteiger partial charge in [-0.05, 0) is 26.9 Å². The van der Waals surface area contributed by atoms with Crippen molar-refractivity contribution in [2.24, 2.45) is 5.92 Å². The summed E-state index contributed by atoms with van der Waals surface area (Å²) in [5.41, 5.74) is -0.292. The van der Waals surface area contributed by atoms with Gasteiger partial charge < -0.3 is 10.0 Å². The molecule has 0 saturated carbocycles. The minimum absolute atomic E-state index is 0.0580. The maximum absolute atomic E-state index is 12.5. The van der Waals surface area contributed by atoms with Crippen LogP contribution in [0.3, 0.4) is 0 Å². The zero-order valence-corrected chi connectivity index (χ0v) is 13.7. The molecule has 0 amide bonds. The molecule has 0 aliphatic heterocycles. The number of aromatic carboxylic acids is 1. The molecule has 0 aliphatic rings. The third kappa shape index (κ3) is 4.26. The number of aromatic nitrogens is 2. The van der Waals surface area contributed by atoms with E-state index in [1.807, 2.05) is 32.8 Å². The number of aromatic amines is 1. The first kappa shape index (κ1) is 17.6. The first-order valence-electron chi connectivity index (χ1n) is 6.51. The molecule has 9 heteroatoms. The van der Waals surface area contributed by atoms with Crippen molar-refractivity contribution < 1.29 is 18.3 Å². The van der Waals surface area contributed by atoms with E-state index in [2.05, 4.69) is 14.9 Å². The van der Waals surface area contributed by atoms with Crippen molar-refractivity contribution in [2.75, 3.05) is 20.6 Å². The molecule has 1 atom stereocenters.